The Balaban J connectivity index is 1.41. The molecule has 3 atom stereocenters. The molecule has 4 heteroatoms. The molecule has 108 valence electrons. The van der Waals surface area contributed by atoms with E-state index in [4.69, 9.17) is 16.3 Å². The van der Waals surface area contributed by atoms with E-state index in [2.05, 4.69) is 5.32 Å². The van der Waals surface area contributed by atoms with Crippen LogP contribution in [0.15, 0.2) is 24.3 Å². The van der Waals surface area contributed by atoms with Gasteiger partial charge in [0, 0.05) is 24.1 Å². The Morgan fingerprint density at radius 2 is 2.15 bits per heavy atom. The van der Waals surface area contributed by atoms with Crippen LogP contribution in [0.25, 0.3) is 0 Å². The number of rotatable bonds is 5. The first-order valence-corrected chi connectivity index (χ1v) is 7.76. The average molecular weight is 294 g/mol. The number of carbonyl (C=O) groups excluding carboxylic acids is 1. The Morgan fingerprint density at radius 1 is 1.35 bits per heavy atom. The third kappa shape index (κ3) is 3.33. The molecule has 0 radical (unpaired) electrons. The van der Waals surface area contributed by atoms with Crippen LogP contribution in [0.4, 0.5) is 0 Å². The quantitative estimate of drug-likeness (QED) is 0.906. The van der Waals surface area contributed by atoms with E-state index in [-0.39, 0.29) is 11.8 Å². The summed E-state index contributed by atoms with van der Waals surface area (Å²) in [5.41, 5.74) is 1.22. The number of ether oxygens (including phenoxy) is 1. The van der Waals surface area contributed by atoms with Gasteiger partial charge in [0.15, 0.2) is 0 Å². The van der Waals surface area contributed by atoms with Crippen LogP contribution in [0.2, 0.25) is 5.02 Å². The number of hydrogen-bond donors (Lipinski definition) is 1. The lowest BCUT2D eigenvalue weighted by molar-refractivity contribution is -0.122. The van der Waals surface area contributed by atoms with Crippen molar-refractivity contribution in [2.24, 2.45) is 5.92 Å². The van der Waals surface area contributed by atoms with E-state index in [0.717, 1.165) is 43.9 Å². The van der Waals surface area contributed by atoms with Crippen molar-refractivity contribution < 1.29 is 9.53 Å². The van der Waals surface area contributed by atoms with Crippen LogP contribution in [-0.2, 0) is 9.53 Å². The Hall–Kier alpha value is -1.06. The Labute approximate surface area is 124 Å². The summed E-state index contributed by atoms with van der Waals surface area (Å²) in [5.74, 6) is 0.693. The highest BCUT2D eigenvalue weighted by molar-refractivity contribution is 6.30. The first-order chi connectivity index (χ1) is 9.74. The van der Waals surface area contributed by atoms with Crippen molar-refractivity contribution in [2.75, 3.05) is 13.2 Å². The van der Waals surface area contributed by atoms with E-state index in [1.54, 1.807) is 0 Å². The predicted octanol–water partition coefficient (Wildman–Crippen LogP) is 3.13. The molecule has 20 heavy (non-hydrogen) atoms. The van der Waals surface area contributed by atoms with Crippen molar-refractivity contribution in [3.8, 4) is 0 Å². The fourth-order valence-electron chi connectivity index (χ4n) is 2.92. The lowest BCUT2D eigenvalue weighted by Gasteiger charge is -2.10. The molecule has 3 unspecified atom stereocenters. The average Bonchev–Trinajstić information content (AvgIpc) is 3.08. The molecule has 1 heterocycles. The van der Waals surface area contributed by atoms with Gasteiger partial charge >= 0.3 is 0 Å². The number of carbonyl (C=O) groups is 1. The second kappa shape index (κ2) is 6.15. The van der Waals surface area contributed by atoms with Crippen molar-refractivity contribution in [3.05, 3.63) is 34.9 Å². The monoisotopic (exact) mass is 293 g/mol. The molecule has 0 aromatic heterocycles. The molecule has 0 bridgehead atoms. The summed E-state index contributed by atoms with van der Waals surface area (Å²) < 4.78 is 5.55. The summed E-state index contributed by atoms with van der Waals surface area (Å²) in [5, 5.41) is 3.78. The molecule has 1 amide bonds. The third-order valence-corrected chi connectivity index (χ3v) is 4.47. The predicted molar refractivity (Wildman–Crippen MR) is 78.9 cm³/mol. The van der Waals surface area contributed by atoms with Crippen molar-refractivity contribution in [2.45, 2.75) is 37.7 Å². The lowest BCUT2D eigenvalue weighted by atomic mass is 10.1. The zero-order valence-corrected chi connectivity index (χ0v) is 12.2. The van der Waals surface area contributed by atoms with E-state index in [1.807, 2.05) is 24.3 Å². The maximum atomic E-state index is 12.1. The van der Waals surface area contributed by atoms with Gasteiger partial charge in [-0.15, -0.1) is 0 Å². The molecule has 1 aliphatic heterocycles. The van der Waals surface area contributed by atoms with Gasteiger partial charge in [0.1, 0.15) is 0 Å². The van der Waals surface area contributed by atoms with Gasteiger partial charge in [-0.05, 0) is 49.3 Å². The zero-order valence-electron chi connectivity index (χ0n) is 11.5. The highest BCUT2D eigenvalue weighted by Crippen LogP contribution is 2.47. The second-order valence-electron chi connectivity index (χ2n) is 5.71. The molecule has 2 fully saturated rings. The van der Waals surface area contributed by atoms with Crippen molar-refractivity contribution in [3.63, 3.8) is 0 Å². The fourth-order valence-corrected chi connectivity index (χ4v) is 3.05. The minimum Gasteiger partial charge on any atom is -0.378 e. The first-order valence-electron chi connectivity index (χ1n) is 7.39. The topological polar surface area (TPSA) is 38.3 Å². The van der Waals surface area contributed by atoms with E-state index in [1.165, 1.54) is 5.56 Å². The molecule has 3 nitrogen and oxygen atoms in total. The SMILES string of the molecule is O=C(NCCC1CCCO1)C1CC1c1ccc(Cl)cc1. The molecule has 1 aliphatic carbocycles. The van der Waals surface area contributed by atoms with Crippen molar-refractivity contribution in [1.29, 1.82) is 0 Å². The van der Waals surface area contributed by atoms with Gasteiger partial charge in [0.05, 0.1) is 6.10 Å². The standard InChI is InChI=1S/C16H20ClNO2/c17-12-5-3-11(4-6-12)14-10-15(14)16(19)18-8-7-13-2-1-9-20-13/h3-6,13-15H,1-2,7-10H2,(H,18,19). The van der Waals surface area contributed by atoms with Gasteiger partial charge in [0.25, 0.3) is 0 Å². The summed E-state index contributed by atoms with van der Waals surface area (Å²) in [7, 11) is 0. The molecule has 1 aromatic rings. The maximum Gasteiger partial charge on any atom is 0.223 e. The van der Waals surface area contributed by atoms with Crippen LogP contribution >= 0.6 is 11.6 Å². The third-order valence-electron chi connectivity index (χ3n) is 4.21. The summed E-state index contributed by atoms with van der Waals surface area (Å²) >= 11 is 5.88. The molecular formula is C16H20ClNO2. The van der Waals surface area contributed by atoms with E-state index in [0.29, 0.717) is 12.0 Å². The van der Waals surface area contributed by atoms with Crippen LogP contribution < -0.4 is 5.32 Å². The van der Waals surface area contributed by atoms with Crippen molar-refractivity contribution >= 4 is 17.5 Å². The minimum atomic E-state index is 0.140. The summed E-state index contributed by atoms with van der Waals surface area (Å²) in [6, 6.07) is 7.82. The van der Waals surface area contributed by atoms with Gasteiger partial charge in [-0.2, -0.15) is 0 Å². The van der Waals surface area contributed by atoms with Crippen LogP contribution in [0.3, 0.4) is 0 Å². The zero-order chi connectivity index (χ0) is 13.9. The number of halogens is 1. The van der Waals surface area contributed by atoms with Crippen LogP contribution in [0, 0.1) is 5.92 Å². The van der Waals surface area contributed by atoms with E-state index in [9.17, 15) is 4.79 Å². The molecule has 1 N–H and O–H groups in total. The van der Waals surface area contributed by atoms with Gasteiger partial charge in [-0.25, -0.2) is 0 Å². The normalized spacial score (nSPS) is 28.4. The minimum absolute atomic E-state index is 0.140. The Morgan fingerprint density at radius 3 is 2.85 bits per heavy atom. The highest BCUT2D eigenvalue weighted by atomic mass is 35.5. The Kier molecular flexibility index (Phi) is 4.27. The summed E-state index contributed by atoms with van der Waals surface area (Å²) in [6.45, 7) is 1.60. The number of benzene rings is 1. The van der Waals surface area contributed by atoms with Crippen LogP contribution in [-0.4, -0.2) is 25.2 Å². The fraction of sp³-hybridized carbons (Fsp3) is 0.562. The Bertz CT molecular complexity index is 468. The van der Waals surface area contributed by atoms with Crippen molar-refractivity contribution in [1.82, 2.24) is 5.32 Å². The lowest BCUT2D eigenvalue weighted by Crippen LogP contribution is -2.28. The second-order valence-corrected chi connectivity index (χ2v) is 6.15. The molecule has 0 spiro atoms. The largest absolute Gasteiger partial charge is 0.378 e. The van der Waals surface area contributed by atoms with Crippen LogP contribution in [0.1, 0.15) is 37.2 Å². The first kappa shape index (κ1) is 13.9. The van der Waals surface area contributed by atoms with Gasteiger partial charge in [-0.1, -0.05) is 23.7 Å². The van der Waals surface area contributed by atoms with Gasteiger partial charge < -0.3 is 10.1 Å². The molecular weight excluding hydrogens is 274 g/mol. The van der Waals surface area contributed by atoms with Gasteiger partial charge in [0.2, 0.25) is 5.91 Å². The molecule has 1 saturated carbocycles. The molecule has 3 rings (SSSR count). The number of nitrogens with one attached hydrogen (secondary N) is 1. The van der Waals surface area contributed by atoms with Gasteiger partial charge in [-0.3, -0.25) is 4.79 Å². The van der Waals surface area contributed by atoms with E-state index >= 15 is 0 Å². The summed E-state index contributed by atoms with van der Waals surface area (Å²) in [6.07, 6.45) is 4.52. The molecule has 1 aromatic carbocycles. The number of hydrogen-bond acceptors (Lipinski definition) is 2. The smallest absolute Gasteiger partial charge is 0.223 e. The highest BCUT2D eigenvalue weighted by Gasteiger charge is 2.43. The maximum absolute atomic E-state index is 12.1. The summed E-state index contributed by atoms with van der Waals surface area (Å²) in [4.78, 5) is 12.1. The number of amides is 1. The molecule has 1 saturated heterocycles. The van der Waals surface area contributed by atoms with Crippen LogP contribution in [0.5, 0.6) is 0 Å². The van der Waals surface area contributed by atoms with E-state index < -0.39 is 0 Å². The molecule has 2 aliphatic rings.